The van der Waals surface area contributed by atoms with Crippen LogP contribution in [0.4, 0.5) is 10.1 Å². The Labute approximate surface area is 229 Å². The van der Waals surface area contributed by atoms with E-state index in [1.165, 1.54) is 4.90 Å². The highest BCUT2D eigenvalue weighted by molar-refractivity contribution is 7.92. The molecule has 39 heavy (non-hydrogen) atoms. The zero-order valence-corrected chi connectivity index (χ0v) is 23.5. The molecule has 1 N–H and O–H groups in total. The number of hydrogen-bond donors (Lipinski definition) is 1. The second-order valence-corrected chi connectivity index (χ2v) is 11.4. The number of aryl methyl sites for hydroxylation is 1. The van der Waals surface area contributed by atoms with Gasteiger partial charge in [0, 0.05) is 12.6 Å². The Bertz CT molecular complexity index is 1380. The molecule has 0 aliphatic rings. The molecule has 0 heterocycles. The molecule has 2 amide bonds. The summed E-state index contributed by atoms with van der Waals surface area (Å²) in [5.41, 5.74) is 1.91. The number of nitrogens with one attached hydrogen (secondary N) is 1. The molecule has 3 aromatic carbocycles. The number of carbonyl (C=O) groups excluding carboxylic acids is 2. The van der Waals surface area contributed by atoms with Gasteiger partial charge in [-0.2, -0.15) is 0 Å². The molecular weight excluding hydrogens is 521 g/mol. The first kappa shape index (κ1) is 29.6. The minimum absolute atomic E-state index is 0.0633. The molecular formula is C29H34FN3O5S. The van der Waals surface area contributed by atoms with Gasteiger partial charge in [-0.3, -0.25) is 13.9 Å². The quantitative estimate of drug-likeness (QED) is 0.381. The van der Waals surface area contributed by atoms with Crippen molar-refractivity contribution in [1.29, 1.82) is 0 Å². The fourth-order valence-electron chi connectivity index (χ4n) is 3.89. The number of benzene rings is 3. The van der Waals surface area contributed by atoms with E-state index in [0.717, 1.165) is 39.7 Å². The van der Waals surface area contributed by atoms with Crippen molar-refractivity contribution in [3.8, 4) is 5.75 Å². The van der Waals surface area contributed by atoms with Gasteiger partial charge < -0.3 is 15.0 Å². The second-order valence-electron chi connectivity index (χ2n) is 9.51. The zero-order chi connectivity index (χ0) is 28.7. The highest BCUT2D eigenvalue weighted by Crippen LogP contribution is 2.25. The normalized spacial score (nSPS) is 12.1. The first-order valence-corrected chi connectivity index (χ1v) is 13.9. The van der Waals surface area contributed by atoms with Gasteiger partial charge in [-0.25, -0.2) is 12.8 Å². The van der Waals surface area contributed by atoms with Crippen molar-refractivity contribution in [3.05, 3.63) is 89.7 Å². The smallest absolute Gasteiger partial charge is 0.264 e. The van der Waals surface area contributed by atoms with Gasteiger partial charge in [-0.05, 0) is 81.8 Å². The third-order valence-corrected chi connectivity index (χ3v) is 7.90. The molecule has 0 aromatic heterocycles. The van der Waals surface area contributed by atoms with Crippen molar-refractivity contribution in [2.45, 2.75) is 51.2 Å². The van der Waals surface area contributed by atoms with Crippen LogP contribution in [0.15, 0.2) is 77.7 Å². The van der Waals surface area contributed by atoms with E-state index in [1.54, 1.807) is 62.6 Å². The van der Waals surface area contributed by atoms with Crippen molar-refractivity contribution >= 4 is 27.5 Å². The van der Waals surface area contributed by atoms with Crippen molar-refractivity contribution in [1.82, 2.24) is 10.2 Å². The standard InChI is InChI=1S/C29H34FN3O5S/c1-20(2)31-29(35)22(4)32(18-23-8-14-26(38-5)15-9-23)28(34)19-33(25-12-6-21(3)7-13-25)39(36,37)27-16-10-24(30)11-17-27/h6-17,20,22H,18-19H2,1-5H3,(H,31,35). The number of halogens is 1. The first-order chi connectivity index (χ1) is 18.4. The maximum atomic E-state index is 13.8. The zero-order valence-electron chi connectivity index (χ0n) is 22.7. The predicted molar refractivity (Wildman–Crippen MR) is 148 cm³/mol. The van der Waals surface area contributed by atoms with Crippen molar-refractivity contribution < 1.29 is 27.1 Å². The summed E-state index contributed by atoms with van der Waals surface area (Å²) < 4.78 is 47.2. The Morgan fingerprint density at radius 3 is 2.05 bits per heavy atom. The molecule has 1 unspecified atom stereocenters. The van der Waals surface area contributed by atoms with E-state index in [0.29, 0.717) is 5.75 Å². The largest absolute Gasteiger partial charge is 0.497 e. The number of rotatable bonds is 11. The molecule has 0 aliphatic carbocycles. The van der Waals surface area contributed by atoms with E-state index in [4.69, 9.17) is 4.74 Å². The topological polar surface area (TPSA) is 96.0 Å². The van der Waals surface area contributed by atoms with Gasteiger partial charge in [0.15, 0.2) is 0 Å². The van der Waals surface area contributed by atoms with Crippen LogP contribution in [0.2, 0.25) is 0 Å². The van der Waals surface area contributed by atoms with Crippen LogP contribution in [-0.2, 0) is 26.2 Å². The van der Waals surface area contributed by atoms with Gasteiger partial charge in [0.25, 0.3) is 10.0 Å². The monoisotopic (exact) mass is 555 g/mol. The molecule has 208 valence electrons. The summed E-state index contributed by atoms with van der Waals surface area (Å²) in [5, 5.41) is 2.81. The molecule has 0 spiro atoms. The molecule has 0 radical (unpaired) electrons. The van der Waals surface area contributed by atoms with Crippen LogP contribution >= 0.6 is 0 Å². The van der Waals surface area contributed by atoms with Gasteiger partial charge in [0.2, 0.25) is 11.8 Å². The molecule has 0 saturated carbocycles. The maximum Gasteiger partial charge on any atom is 0.264 e. The van der Waals surface area contributed by atoms with Crippen molar-refractivity contribution in [2.75, 3.05) is 18.0 Å². The number of ether oxygens (including phenoxy) is 1. The summed E-state index contributed by atoms with van der Waals surface area (Å²) in [5.74, 6) is -0.889. The van der Waals surface area contributed by atoms with Crippen LogP contribution in [0.3, 0.4) is 0 Å². The molecule has 10 heteroatoms. The third-order valence-electron chi connectivity index (χ3n) is 6.11. The number of methoxy groups -OCH3 is 1. The van der Waals surface area contributed by atoms with Gasteiger partial charge >= 0.3 is 0 Å². The maximum absolute atomic E-state index is 13.8. The fraction of sp³-hybridized carbons (Fsp3) is 0.310. The lowest BCUT2D eigenvalue weighted by Crippen LogP contribution is -2.52. The molecule has 1 atom stereocenters. The summed E-state index contributed by atoms with van der Waals surface area (Å²) in [4.78, 5) is 28.0. The van der Waals surface area contributed by atoms with Gasteiger partial charge in [-0.15, -0.1) is 0 Å². The molecule has 3 rings (SSSR count). The Morgan fingerprint density at radius 1 is 0.923 bits per heavy atom. The molecule has 0 bridgehead atoms. The van der Waals surface area contributed by atoms with E-state index in [1.807, 2.05) is 20.8 Å². The molecule has 0 aliphatic heterocycles. The lowest BCUT2D eigenvalue weighted by atomic mass is 10.1. The summed E-state index contributed by atoms with van der Waals surface area (Å²) in [6.07, 6.45) is 0. The average molecular weight is 556 g/mol. The van der Waals surface area contributed by atoms with Gasteiger partial charge in [0.1, 0.15) is 24.2 Å². The highest BCUT2D eigenvalue weighted by atomic mass is 32.2. The van der Waals surface area contributed by atoms with Crippen LogP contribution in [0.25, 0.3) is 0 Å². The molecule has 0 fully saturated rings. The minimum Gasteiger partial charge on any atom is -0.497 e. The Hall–Kier alpha value is -3.92. The van der Waals surface area contributed by atoms with E-state index in [9.17, 15) is 22.4 Å². The molecule has 3 aromatic rings. The minimum atomic E-state index is -4.26. The van der Waals surface area contributed by atoms with Crippen LogP contribution < -0.4 is 14.4 Å². The van der Waals surface area contributed by atoms with Gasteiger partial charge in [-0.1, -0.05) is 29.8 Å². The van der Waals surface area contributed by atoms with E-state index < -0.39 is 34.3 Å². The molecule has 0 saturated heterocycles. The average Bonchev–Trinajstić information content (AvgIpc) is 2.90. The van der Waals surface area contributed by atoms with Crippen LogP contribution in [0, 0.1) is 12.7 Å². The lowest BCUT2D eigenvalue weighted by molar-refractivity contribution is -0.139. The molecule has 8 nitrogen and oxygen atoms in total. The number of sulfonamides is 1. The van der Waals surface area contributed by atoms with E-state index in [-0.39, 0.29) is 29.1 Å². The third kappa shape index (κ3) is 7.57. The van der Waals surface area contributed by atoms with Crippen molar-refractivity contribution in [2.24, 2.45) is 0 Å². The summed E-state index contributed by atoms with van der Waals surface area (Å²) in [6.45, 7) is 6.58. The number of nitrogens with zero attached hydrogens (tertiary/aromatic N) is 2. The summed E-state index contributed by atoms with van der Waals surface area (Å²) >= 11 is 0. The highest BCUT2D eigenvalue weighted by Gasteiger charge is 2.32. The first-order valence-electron chi connectivity index (χ1n) is 12.5. The lowest BCUT2D eigenvalue weighted by Gasteiger charge is -2.32. The van der Waals surface area contributed by atoms with Crippen LogP contribution in [-0.4, -0.2) is 50.9 Å². The number of carbonyl (C=O) groups is 2. The van der Waals surface area contributed by atoms with Crippen LogP contribution in [0.1, 0.15) is 31.9 Å². The number of anilines is 1. The Balaban J connectivity index is 2.01. The van der Waals surface area contributed by atoms with E-state index >= 15 is 0 Å². The number of amides is 2. The summed E-state index contributed by atoms with van der Waals surface area (Å²) in [6, 6.07) is 17.1. The Morgan fingerprint density at radius 2 is 1.51 bits per heavy atom. The summed E-state index contributed by atoms with van der Waals surface area (Å²) in [7, 11) is -2.71. The SMILES string of the molecule is COc1ccc(CN(C(=O)CN(c2ccc(C)cc2)S(=O)(=O)c2ccc(F)cc2)C(C)C(=O)NC(C)C)cc1. The number of hydrogen-bond acceptors (Lipinski definition) is 5. The second kappa shape index (κ2) is 12.8. The Kier molecular flexibility index (Phi) is 9.69. The predicted octanol–water partition coefficient (Wildman–Crippen LogP) is 4.28. The van der Waals surface area contributed by atoms with Gasteiger partial charge in [0.05, 0.1) is 17.7 Å². The van der Waals surface area contributed by atoms with E-state index in [2.05, 4.69) is 5.32 Å². The van der Waals surface area contributed by atoms with Crippen molar-refractivity contribution in [3.63, 3.8) is 0 Å². The van der Waals surface area contributed by atoms with Crippen LogP contribution in [0.5, 0.6) is 5.75 Å². The fourth-order valence-corrected chi connectivity index (χ4v) is 5.30.